The van der Waals surface area contributed by atoms with Gasteiger partial charge in [0.2, 0.25) is 0 Å². The van der Waals surface area contributed by atoms with Crippen molar-refractivity contribution < 1.29 is 4.74 Å². The fourth-order valence-electron chi connectivity index (χ4n) is 3.51. The number of nitrogen functional groups attached to an aromatic ring is 1. The third-order valence-corrected chi connectivity index (χ3v) is 4.81. The average Bonchev–Trinajstić information content (AvgIpc) is 2.71. The van der Waals surface area contributed by atoms with Gasteiger partial charge in [0.1, 0.15) is 12.1 Å². The van der Waals surface area contributed by atoms with Crippen molar-refractivity contribution in [1.82, 2.24) is 15.3 Å². The van der Waals surface area contributed by atoms with Gasteiger partial charge in [-0.3, -0.25) is 5.41 Å². The summed E-state index contributed by atoms with van der Waals surface area (Å²) in [6.07, 6.45) is 4.59. The van der Waals surface area contributed by atoms with Crippen LogP contribution in [-0.2, 0) is 4.74 Å². The van der Waals surface area contributed by atoms with Crippen LogP contribution in [0.5, 0.6) is 0 Å². The number of nitrogens with two attached hydrogens (primary N) is 1. The Morgan fingerprint density at radius 1 is 1.24 bits per heavy atom. The molecule has 152 valence electrons. The van der Waals surface area contributed by atoms with Crippen molar-refractivity contribution in [2.75, 3.05) is 30.8 Å². The number of nitrogens with one attached hydrogen (secondary N) is 3. The summed E-state index contributed by atoms with van der Waals surface area (Å²) in [5, 5.41) is 19.1. The van der Waals surface area contributed by atoms with Gasteiger partial charge in [-0.2, -0.15) is 0 Å². The third-order valence-electron chi connectivity index (χ3n) is 4.81. The van der Waals surface area contributed by atoms with E-state index in [2.05, 4.69) is 20.2 Å². The lowest BCUT2D eigenvalue weighted by atomic mass is 10.0. The summed E-state index contributed by atoms with van der Waals surface area (Å²) < 4.78 is 5.80. The van der Waals surface area contributed by atoms with Crippen molar-refractivity contribution in [2.45, 2.75) is 26.1 Å². The van der Waals surface area contributed by atoms with Crippen LogP contribution in [0.3, 0.4) is 0 Å². The maximum atomic E-state index is 8.70. The zero-order valence-corrected chi connectivity index (χ0v) is 16.9. The van der Waals surface area contributed by atoms with E-state index in [1.165, 1.54) is 12.5 Å². The number of ether oxygens (including phenoxy) is 1. The van der Waals surface area contributed by atoms with Crippen LogP contribution in [0.15, 0.2) is 36.7 Å². The van der Waals surface area contributed by atoms with E-state index in [0.717, 1.165) is 30.2 Å². The van der Waals surface area contributed by atoms with E-state index in [4.69, 9.17) is 21.3 Å². The van der Waals surface area contributed by atoms with Crippen LogP contribution in [0.2, 0.25) is 0 Å². The summed E-state index contributed by atoms with van der Waals surface area (Å²) >= 11 is 0. The molecular weight excluding hydrogens is 366 g/mol. The van der Waals surface area contributed by atoms with Gasteiger partial charge >= 0.3 is 0 Å². The van der Waals surface area contributed by atoms with Crippen molar-refractivity contribution in [3.05, 3.63) is 53.5 Å². The second kappa shape index (κ2) is 8.83. The SMILES string of the molecule is CN/C(=C\C=N)c1ccc(N)c(C(=N)c2cc(N3C[C@@H](C)O[C@@H](C)C3)ncn2)c1. The fourth-order valence-corrected chi connectivity index (χ4v) is 3.51. The summed E-state index contributed by atoms with van der Waals surface area (Å²) in [5.41, 5.74) is 9.60. The van der Waals surface area contributed by atoms with Gasteiger partial charge in [-0.25, -0.2) is 9.97 Å². The summed E-state index contributed by atoms with van der Waals surface area (Å²) in [7, 11) is 1.79. The first-order chi connectivity index (χ1) is 13.9. The Labute approximate surface area is 170 Å². The molecule has 1 fully saturated rings. The van der Waals surface area contributed by atoms with Gasteiger partial charge in [-0.15, -0.1) is 0 Å². The lowest BCUT2D eigenvalue weighted by Crippen LogP contribution is -2.45. The Balaban J connectivity index is 1.93. The lowest BCUT2D eigenvalue weighted by Gasteiger charge is -2.36. The van der Waals surface area contributed by atoms with Gasteiger partial charge < -0.3 is 26.1 Å². The molecule has 0 amide bonds. The Bertz CT molecular complexity index is 930. The quantitative estimate of drug-likeness (QED) is 0.441. The molecule has 3 rings (SSSR count). The molecule has 0 spiro atoms. The Morgan fingerprint density at radius 3 is 2.62 bits per heavy atom. The highest BCUT2D eigenvalue weighted by Crippen LogP contribution is 2.23. The zero-order chi connectivity index (χ0) is 21.0. The van der Waals surface area contributed by atoms with E-state index in [-0.39, 0.29) is 17.9 Å². The molecule has 1 aliphatic heterocycles. The van der Waals surface area contributed by atoms with E-state index < -0.39 is 0 Å². The minimum atomic E-state index is 0.115. The maximum Gasteiger partial charge on any atom is 0.132 e. The molecule has 1 saturated heterocycles. The molecule has 2 atom stereocenters. The number of hydrogen-bond donors (Lipinski definition) is 4. The van der Waals surface area contributed by atoms with Crippen LogP contribution in [0.1, 0.15) is 30.7 Å². The van der Waals surface area contributed by atoms with E-state index in [1.54, 1.807) is 19.2 Å². The van der Waals surface area contributed by atoms with E-state index in [0.29, 0.717) is 16.9 Å². The summed E-state index contributed by atoms with van der Waals surface area (Å²) in [5.74, 6) is 0.774. The number of morpholine rings is 1. The number of hydrogen-bond acceptors (Lipinski definition) is 8. The van der Waals surface area contributed by atoms with Crippen LogP contribution in [0.4, 0.5) is 11.5 Å². The highest BCUT2D eigenvalue weighted by atomic mass is 16.5. The molecule has 8 heteroatoms. The van der Waals surface area contributed by atoms with Crippen molar-refractivity contribution in [3.8, 4) is 0 Å². The Morgan fingerprint density at radius 2 is 1.97 bits per heavy atom. The predicted octanol–water partition coefficient (Wildman–Crippen LogP) is 2.30. The van der Waals surface area contributed by atoms with Gasteiger partial charge in [0.15, 0.2) is 0 Å². The normalized spacial score (nSPS) is 19.7. The lowest BCUT2D eigenvalue weighted by molar-refractivity contribution is -0.00546. The second-order valence-electron chi connectivity index (χ2n) is 7.10. The number of benzene rings is 1. The van der Waals surface area contributed by atoms with Gasteiger partial charge in [-0.1, -0.05) is 6.07 Å². The monoisotopic (exact) mass is 393 g/mol. The first-order valence-corrected chi connectivity index (χ1v) is 9.53. The predicted molar refractivity (Wildman–Crippen MR) is 117 cm³/mol. The number of aromatic nitrogens is 2. The molecule has 0 saturated carbocycles. The van der Waals surface area contributed by atoms with Crippen molar-refractivity contribution >= 4 is 29.1 Å². The Hall–Kier alpha value is -3.26. The zero-order valence-electron chi connectivity index (χ0n) is 16.9. The average molecular weight is 393 g/mol. The second-order valence-corrected chi connectivity index (χ2v) is 7.10. The van der Waals surface area contributed by atoms with Gasteiger partial charge in [-0.05, 0) is 37.6 Å². The van der Waals surface area contributed by atoms with Gasteiger partial charge in [0.05, 0.1) is 23.6 Å². The molecule has 2 aromatic rings. The first kappa shape index (κ1) is 20.5. The standard InChI is InChI=1S/C21H27N7O/c1-13-10-28(11-14(2)29-13)20-9-19(26-12-27-20)21(24)16-8-15(4-5-17(16)23)18(25-3)6-7-22/h4-9,12-14,22,24-25H,10-11,23H2,1-3H3/b18-6-,22-7?,24-21?/t13-,14+. The van der Waals surface area contributed by atoms with Crippen molar-refractivity contribution in [3.63, 3.8) is 0 Å². The number of rotatable bonds is 6. The van der Waals surface area contributed by atoms with Crippen LogP contribution in [0, 0.1) is 10.8 Å². The largest absolute Gasteiger partial charge is 0.398 e. The molecule has 1 aromatic heterocycles. The highest BCUT2D eigenvalue weighted by molar-refractivity contribution is 6.13. The van der Waals surface area contributed by atoms with E-state index in [1.807, 2.05) is 32.0 Å². The van der Waals surface area contributed by atoms with E-state index >= 15 is 0 Å². The molecular formula is C21H27N7O. The van der Waals surface area contributed by atoms with Gasteiger partial charge in [0.25, 0.3) is 0 Å². The molecule has 29 heavy (non-hydrogen) atoms. The van der Waals surface area contributed by atoms with Crippen molar-refractivity contribution in [2.24, 2.45) is 0 Å². The molecule has 1 aromatic carbocycles. The summed E-state index contributed by atoms with van der Waals surface area (Å²) in [4.78, 5) is 10.9. The number of allylic oxidation sites excluding steroid dienone is 1. The minimum absolute atomic E-state index is 0.115. The van der Waals surface area contributed by atoms with E-state index in [9.17, 15) is 0 Å². The molecule has 5 N–H and O–H groups in total. The third kappa shape index (κ3) is 4.60. The topological polar surface area (TPSA) is 124 Å². The summed E-state index contributed by atoms with van der Waals surface area (Å²) in [6, 6.07) is 7.29. The van der Waals surface area contributed by atoms with Crippen LogP contribution >= 0.6 is 0 Å². The molecule has 8 nitrogen and oxygen atoms in total. The van der Waals surface area contributed by atoms with Crippen LogP contribution in [0.25, 0.3) is 5.70 Å². The molecule has 1 aliphatic rings. The number of anilines is 2. The molecule has 0 bridgehead atoms. The fraction of sp³-hybridized carbons (Fsp3) is 0.333. The molecule has 2 heterocycles. The summed E-state index contributed by atoms with van der Waals surface area (Å²) in [6.45, 7) is 5.57. The smallest absolute Gasteiger partial charge is 0.132 e. The minimum Gasteiger partial charge on any atom is -0.398 e. The highest BCUT2D eigenvalue weighted by Gasteiger charge is 2.24. The first-order valence-electron chi connectivity index (χ1n) is 9.53. The maximum absolute atomic E-state index is 8.70. The molecule has 0 radical (unpaired) electrons. The van der Waals surface area contributed by atoms with Crippen LogP contribution < -0.4 is 16.0 Å². The van der Waals surface area contributed by atoms with Crippen LogP contribution in [-0.4, -0.2) is 54.2 Å². The van der Waals surface area contributed by atoms with Crippen molar-refractivity contribution in [1.29, 1.82) is 10.8 Å². The molecule has 0 aliphatic carbocycles. The Kier molecular flexibility index (Phi) is 6.23. The molecule has 0 unspecified atom stereocenters. The van der Waals surface area contributed by atoms with Gasteiger partial charge in [0, 0.05) is 49.4 Å². The number of nitrogens with zero attached hydrogens (tertiary/aromatic N) is 3.